The van der Waals surface area contributed by atoms with Gasteiger partial charge >= 0.3 is 5.97 Å². The average Bonchev–Trinajstić information content (AvgIpc) is 2.94. The van der Waals surface area contributed by atoms with Gasteiger partial charge < -0.3 is 10.1 Å². The van der Waals surface area contributed by atoms with Gasteiger partial charge in [-0.1, -0.05) is 51.9 Å². The summed E-state index contributed by atoms with van der Waals surface area (Å²) in [6, 6.07) is 0. The second-order valence-electron chi connectivity index (χ2n) is 5.51. The van der Waals surface area contributed by atoms with Crippen LogP contribution in [0.25, 0.3) is 0 Å². The van der Waals surface area contributed by atoms with Crippen LogP contribution in [0.3, 0.4) is 0 Å². The highest BCUT2D eigenvalue weighted by Crippen LogP contribution is 2.25. The molecule has 20 heavy (non-hydrogen) atoms. The van der Waals surface area contributed by atoms with Gasteiger partial charge in [0.15, 0.2) is 0 Å². The molecule has 1 heterocycles. The van der Waals surface area contributed by atoms with E-state index in [1.54, 1.807) is 6.20 Å². The van der Waals surface area contributed by atoms with Crippen LogP contribution in [0.15, 0.2) is 12.4 Å². The quantitative estimate of drug-likeness (QED) is 0.554. The van der Waals surface area contributed by atoms with E-state index < -0.39 is 5.97 Å². The number of rotatable bonds is 12. The number of aromatic nitrogens is 2. The Morgan fingerprint density at radius 2 is 1.90 bits per heavy atom. The van der Waals surface area contributed by atoms with Gasteiger partial charge in [-0.15, -0.1) is 0 Å². The number of carbonyl (C=O) groups is 1. The number of carboxylic acids is 1. The van der Waals surface area contributed by atoms with Gasteiger partial charge in [-0.2, -0.15) is 0 Å². The van der Waals surface area contributed by atoms with E-state index in [-0.39, 0.29) is 12.3 Å². The van der Waals surface area contributed by atoms with Crippen LogP contribution in [-0.4, -0.2) is 21.0 Å². The molecule has 0 aliphatic carbocycles. The Bertz CT molecular complexity index is 349. The second-order valence-corrected chi connectivity index (χ2v) is 5.51. The first-order valence-corrected chi connectivity index (χ1v) is 7.95. The van der Waals surface area contributed by atoms with Crippen molar-refractivity contribution < 1.29 is 9.90 Å². The lowest BCUT2D eigenvalue weighted by Gasteiger charge is -2.13. The number of aliphatic carboxylic acids is 1. The number of aromatic amines is 1. The normalized spacial score (nSPS) is 12.4. The molecule has 1 unspecified atom stereocenters. The fourth-order valence-corrected chi connectivity index (χ4v) is 2.56. The number of carboxylic acid groups (broad SMARTS) is 1. The van der Waals surface area contributed by atoms with Gasteiger partial charge in [-0.3, -0.25) is 4.79 Å². The Balaban J connectivity index is 2.22. The molecule has 4 nitrogen and oxygen atoms in total. The maximum Gasteiger partial charge on any atom is 0.303 e. The molecule has 1 aromatic heterocycles. The first-order valence-electron chi connectivity index (χ1n) is 7.95. The maximum atomic E-state index is 10.7. The SMILES string of the molecule is CCCCCCCCCC(CCC(=O)O)c1ncc[nH]1. The average molecular weight is 280 g/mol. The molecule has 0 aliphatic heterocycles. The van der Waals surface area contributed by atoms with Gasteiger partial charge in [0.1, 0.15) is 5.82 Å². The molecular weight excluding hydrogens is 252 g/mol. The number of H-pyrrole nitrogens is 1. The smallest absolute Gasteiger partial charge is 0.303 e. The van der Waals surface area contributed by atoms with Crippen molar-refractivity contribution in [3.63, 3.8) is 0 Å². The van der Waals surface area contributed by atoms with Crippen LogP contribution in [0.5, 0.6) is 0 Å². The van der Waals surface area contributed by atoms with Crippen molar-refractivity contribution in [2.45, 2.75) is 77.0 Å². The minimum absolute atomic E-state index is 0.224. The van der Waals surface area contributed by atoms with Crippen molar-refractivity contribution in [1.82, 2.24) is 9.97 Å². The first kappa shape index (κ1) is 16.7. The Morgan fingerprint density at radius 3 is 2.50 bits per heavy atom. The highest BCUT2D eigenvalue weighted by atomic mass is 16.4. The summed E-state index contributed by atoms with van der Waals surface area (Å²) in [6.07, 6.45) is 14.5. The van der Waals surface area contributed by atoms with Crippen molar-refractivity contribution in [3.05, 3.63) is 18.2 Å². The Kier molecular flexibility index (Phi) is 8.76. The Morgan fingerprint density at radius 1 is 1.20 bits per heavy atom. The first-order chi connectivity index (χ1) is 9.74. The van der Waals surface area contributed by atoms with Crippen molar-refractivity contribution in [2.75, 3.05) is 0 Å². The molecule has 0 saturated heterocycles. The molecule has 0 aliphatic rings. The molecule has 0 fully saturated rings. The highest BCUT2D eigenvalue weighted by molar-refractivity contribution is 5.66. The summed E-state index contributed by atoms with van der Waals surface area (Å²) in [5.74, 6) is 0.482. The van der Waals surface area contributed by atoms with Crippen molar-refractivity contribution >= 4 is 5.97 Å². The topological polar surface area (TPSA) is 66.0 Å². The number of hydrogen-bond acceptors (Lipinski definition) is 2. The molecule has 1 atom stereocenters. The van der Waals surface area contributed by atoms with E-state index in [1.165, 1.54) is 38.5 Å². The van der Waals surface area contributed by atoms with Crippen LogP contribution in [-0.2, 0) is 4.79 Å². The standard InChI is InChI=1S/C16H28N2O2/c1-2-3-4-5-6-7-8-9-14(10-11-15(19)20)16-17-12-13-18-16/h12-14H,2-11H2,1H3,(H,17,18)(H,19,20). The van der Waals surface area contributed by atoms with Crippen LogP contribution in [0.2, 0.25) is 0 Å². The predicted octanol–water partition coefficient (Wildman–Crippen LogP) is 4.50. The number of nitrogens with one attached hydrogen (secondary N) is 1. The van der Waals surface area contributed by atoms with Gasteiger partial charge in [-0.25, -0.2) is 4.98 Å². The van der Waals surface area contributed by atoms with E-state index in [4.69, 9.17) is 5.11 Å². The van der Waals surface area contributed by atoms with Crippen molar-refractivity contribution in [3.8, 4) is 0 Å². The maximum absolute atomic E-state index is 10.7. The van der Waals surface area contributed by atoms with Gasteiger partial charge in [0.25, 0.3) is 0 Å². The van der Waals surface area contributed by atoms with Crippen LogP contribution < -0.4 is 0 Å². The summed E-state index contributed by atoms with van der Waals surface area (Å²) in [7, 11) is 0. The van der Waals surface area contributed by atoms with Crippen molar-refractivity contribution in [1.29, 1.82) is 0 Å². The zero-order chi connectivity index (χ0) is 14.6. The van der Waals surface area contributed by atoms with E-state index in [0.717, 1.165) is 18.7 Å². The van der Waals surface area contributed by atoms with E-state index in [0.29, 0.717) is 6.42 Å². The molecule has 0 saturated carbocycles. The minimum Gasteiger partial charge on any atom is -0.481 e. The van der Waals surface area contributed by atoms with E-state index in [1.807, 2.05) is 6.20 Å². The molecule has 0 spiro atoms. The van der Waals surface area contributed by atoms with Gasteiger partial charge in [0.05, 0.1) is 0 Å². The van der Waals surface area contributed by atoms with E-state index in [9.17, 15) is 4.79 Å². The highest BCUT2D eigenvalue weighted by Gasteiger charge is 2.15. The lowest BCUT2D eigenvalue weighted by molar-refractivity contribution is -0.137. The third-order valence-electron chi connectivity index (χ3n) is 3.77. The number of imidazole rings is 1. The molecule has 1 rings (SSSR count). The summed E-state index contributed by atoms with van der Waals surface area (Å²) in [4.78, 5) is 18.1. The minimum atomic E-state index is -0.721. The fraction of sp³-hybridized carbons (Fsp3) is 0.750. The number of unbranched alkanes of at least 4 members (excludes halogenated alkanes) is 6. The van der Waals surface area contributed by atoms with Crippen LogP contribution >= 0.6 is 0 Å². The van der Waals surface area contributed by atoms with Crippen LogP contribution in [0.1, 0.15) is 82.9 Å². The Hall–Kier alpha value is -1.32. The Labute approximate surface area is 122 Å². The molecule has 0 aromatic carbocycles. The molecule has 2 N–H and O–H groups in total. The zero-order valence-corrected chi connectivity index (χ0v) is 12.6. The number of hydrogen-bond donors (Lipinski definition) is 2. The molecule has 4 heteroatoms. The summed E-state index contributed by atoms with van der Waals surface area (Å²) < 4.78 is 0. The second kappa shape index (κ2) is 10.5. The fourth-order valence-electron chi connectivity index (χ4n) is 2.56. The van der Waals surface area contributed by atoms with Crippen LogP contribution in [0, 0.1) is 0 Å². The summed E-state index contributed by atoms with van der Waals surface area (Å²) in [5.41, 5.74) is 0. The van der Waals surface area contributed by atoms with Crippen LogP contribution in [0.4, 0.5) is 0 Å². The van der Waals surface area contributed by atoms with Gasteiger partial charge in [0.2, 0.25) is 0 Å². The van der Waals surface area contributed by atoms with Gasteiger partial charge in [0, 0.05) is 24.7 Å². The molecule has 0 bridgehead atoms. The van der Waals surface area contributed by atoms with E-state index in [2.05, 4.69) is 16.9 Å². The molecular formula is C16H28N2O2. The summed E-state index contributed by atoms with van der Waals surface area (Å²) in [5, 5.41) is 8.82. The van der Waals surface area contributed by atoms with Crippen molar-refractivity contribution in [2.24, 2.45) is 0 Å². The summed E-state index contributed by atoms with van der Waals surface area (Å²) in [6.45, 7) is 2.23. The summed E-state index contributed by atoms with van der Waals surface area (Å²) >= 11 is 0. The molecule has 114 valence electrons. The van der Waals surface area contributed by atoms with Gasteiger partial charge in [-0.05, 0) is 12.8 Å². The predicted molar refractivity (Wildman–Crippen MR) is 80.8 cm³/mol. The third-order valence-corrected chi connectivity index (χ3v) is 3.77. The molecule has 1 aromatic rings. The third kappa shape index (κ3) is 7.31. The van der Waals surface area contributed by atoms with E-state index >= 15 is 0 Å². The number of nitrogens with zero attached hydrogens (tertiary/aromatic N) is 1. The lowest BCUT2D eigenvalue weighted by atomic mass is 9.95. The molecule has 0 amide bonds. The largest absolute Gasteiger partial charge is 0.481 e. The lowest BCUT2D eigenvalue weighted by Crippen LogP contribution is -2.05. The molecule has 0 radical (unpaired) electrons. The zero-order valence-electron chi connectivity index (χ0n) is 12.6. The monoisotopic (exact) mass is 280 g/mol.